The van der Waals surface area contributed by atoms with Gasteiger partial charge in [-0.15, -0.1) is 0 Å². The van der Waals surface area contributed by atoms with Gasteiger partial charge in [0, 0.05) is 11.0 Å². The van der Waals surface area contributed by atoms with E-state index < -0.39 is 0 Å². The first-order valence-electron chi connectivity index (χ1n) is 5.97. The second-order valence-corrected chi connectivity index (χ2v) is 5.63. The summed E-state index contributed by atoms with van der Waals surface area (Å²) in [6.07, 6.45) is 0. The van der Waals surface area contributed by atoms with E-state index in [1.807, 2.05) is 50.4 Å². The van der Waals surface area contributed by atoms with Gasteiger partial charge in [0.05, 0.1) is 5.02 Å². The van der Waals surface area contributed by atoms with E-state index in [-0.39, 0.29) is 0 Å². The van der Waals surface area contributed by atoms with E-state index in [2.05, 4.69) is 21.2 Å². The van der Waals surface area contributed by atoms with E-state index in [1.54, 1.807) is 0 Å². The normalized spacial score (nSPS) is 10.5. The molecule has 0 atom stereocenters. The van der Waals surface area contributed by atoms with Gasteiger partial charge in [-0.25, -0.2) is 0 Å². The van der Waals surface area contributed by atoms with Gasteiger partial charge in [-0.3, -0.25) is 0 Å². The third kappa shape index (κ3) is 3.72. The highest BCUT2D eigenvalue weighted by Gasteiger charge is 2.07. The lowest BCUT2D eigenvalue weighted by Crippen LogP contribution is -2.04. The van der Waals surface area contributed by atoms with E-state index in [1.165, 1.54) is 0 Å². The molecule has 0 unspecified atom stereocenters. The number of nitrogens with one attached hydrogen (secondary N) is 1. The van der Waals surface area contributed by atoms with Crippen LogP contribution in [0.4, 0.5) is 0 Å². The van der Waals surface area contributed by atoms with Gasteiger partial charge in [-0.2, -0.15) is 0 Å². The first kappa shape index (κ1) is 14.4. The standard InChI is InChI=1S/C15H15BrClNO/c1-10-3-5-12(16)8-15(10)19-14-6-4-11(9-18-2)7-13(14)17/h3-8,18H,9H2,1-2H3. The zero-order valence-corrected chi connectivity index (χ0v) is 13.2. The van der Waals surface area contributed by atoms with Crippen molar-refractivity contribution in [2.24, 2.45) is 0 Å². The summed E-state index contributed by atoms with van der Waals surface area (Å²) >= 11 is 9.68. The van der Waals surface area contributed by atoms with Crippen molar-refractivity contribution in [2.45, 2.75) is 13.5 Å². The summed E-state index contributed by atoms with van der Waals surface area (Å²) in [5.41, 5.74) is 2.20. The zero-order valence-electron chi connectivity index (χ0n) is 10.8. The van der Waals surface area contributed by atoms with Gasteiger partial charge >= 0.3 is 0 Å². The fraction of sp³-hybridized carbons (Fsp3) is 0.200. The molecule has 1 N–H and O–H groups in total. The van der Waals surface area contributed by atoms with Crippen LogP contribution in [0.25, 0.3) is 0 Å². The predicted octanol–water partition coefficient (Wildman–Crippen LogP) is 4.92. The summed E-state index contributed by atoms with van der Waals surface area (Å²) in [5, 5.41) is 3.71. The van der Waals surface area contributed by atoms with E-state index in [0.717, 1.165) is 27.9 Å². The van der Waals surface area contributed by atoms with Gasteiger partial charge in [0.25, 0.3) is 0 Å². The third-order valence-electron chi connectivity index (χ3n) is 2.75. The molecule has 0 fully saturated rings. The minimum atomic E-state index is 0.618. The molecule has 0 bridgehead atoms. The highest BCUT2D eigenvalue weighted by Crippen LogP contribution is 2.33. The Labute approximate surface area is 126 Å². The Morgan fingerprint density at radius 1 is 1.16 bits per heavy atom. The molecule has 100 valence electrons. The Hall–Kier alpha value is -1.03. The molecule has 2 nitrogen and oxygen atoms in total. The van der Waals surface area contributed by atoms with Gasteiger partial charge in [-0.1, -0.05) is 39.7 Å². The molecule has 0 aliphatic carbocycles. The maximum absolute atomic E-state index is 6.24. The van der Waals surface area contributed by atoms with Crippen LogP contribution in [-0.4, -0.2) is 7.05 Å². The lowest BCUT2D eigenvalue weighted by molar-refractivity contribution is 0.478. The Morgan fingerprint density at radius 3 is 2.63 bits per heavy atom. The molecule has 0 saturated carbocycles. The fourth-order valence-corrected chi connectivity index (χ4v) is 2.33. The summed E-state index contributed by atoms with van der Waals surface area (Å²) in [6, 6.07) is 11.7. The maximum Gasteiger partial charge on any atom is 0.146 e. The molecule has 0 aliphatic rings. The molecule has 0 aliphatic heterocycles. The zero-order chi connectivity index (χ0) is 13.8. The lowest BCUT2D eigenvalue weighted by Gasteiger charge is -2.11. The van der Waals surface area contributed by atoms with Crippen LogP contribution in [0.3, 0.4) is 0 Å². The molecular weight excluding hydrogens is 326 g/mol. The number of ether oxygens (including phenoxy) is 1. The quantitative estimate of drug-likeness (QED) is 0.852. The van der Waals surface area contributed by atoms with Crippen molar-refractivity contribution in [1.29, 1.82) is 0 Å². The van der Waals surface area contributed by atoms with Crippen molar-refractivity contribution >= 4 is 27.5 Å². The van der Waals surface area contributed by atoms with Crippen LogP contribution in [0, 0.1) is 6.92 Å². The average molecular weight is 341 g/mol. The molecule has 19 heavy (non-hydrogen) atoms. The van der Waals surface area contributed by atoms with Crippen molar-refractivity contribution in [3.05, 3.63) is 57.0 Å². The lowest BCUT2D eigenvalue weighted by atomic mass is 10.2. The molecule has 0 saturated heterocycles. The molecule has 0 radical (unpaired) electrons. The van der Waals surface area contributed by atoms with Crippen LogP contribution in [0.2, 0.25) is 5.02 Å². The van der Waals surface area contributed by atoms with Crippen LogP contribution >= 0.6 is 27.5 Å². The van der Waals surface area contributed by atoms with Crippen molar-refractivity contribution in [1.82, 2.24) is 5.32 Å². The van der Waals surface area contributed by atoms with Crippen LogP contribution < -0.4 is 10.1 Å². The van der Waals surface area contributed by atoms with Gasteiger partial charge < -0.3 is 10.1 Å². The molecule has 2 aromatic carbocycles. The molecular formula is C15H15BrClNO. The molecule has 0 aromatic heterocycles. The number of hydrogen-bond donors (Lipinski definition) is 1. The Balaban J connectivity index is 2.25. The second kappa shape index (κ2) is 6.42. The highest BCUT2D eigenvalue weighted by atomic mass is 79.9. The van der Waals surface area contributed by atoms with E-state index in [4.69, 9.17) is 16.3 Å². The fourth-order valence-electron chi connectivity index (χ4n) is 1.74. The van der Waals surface area contributed by atoms with Crippen molar-refractivity contribution < 1.29 is 4.74 Å². The van der Waals surface area contributed by atoms with E-state index in [9.17, 15) is 0 Å². The highest BCUT2D eigenvalue weighted by molar-refractivity contribution is 9.10. The first-order valence-corrected chi connectivity index (χ1v) is 7.14. The van der Waals surface area contributed by atoms with Crippen LogP contribution in [-0.2, 0) is 6.54 Å². The minimum Gasteiger partial charge on any atom is -0.455 e. The Kier molecular flexibility index (Phi) is 4.86. The number of rotatable bonds is 4. The molecule has 0 heterocycles. The Morgan fingerprint density at radius 2 is 1.95 bits per heavy atom. The number of halogens is 2. The predicted molar refractivity (Wildman–Crippen MR) is 83.2 cm³/mol. The van der Waals surface area contributed by atoms with Crippen LogP contribution in [0.1, 0.15) is 11.1 Å². The van der Waals surface area contributed by atoms with Crippen molar-refractivity contribution in [3.63, 3.8) is 0 Å². The minimum absolute atomic E-state index is 0.618. The summed E-state index contributed by atoms with van der Waals surface area (Å²) < 4.78 is 6.85. The van der Waals surface area contributed by atoms with Crippen LogP contribution in [0.5, 0.6) is 11.5 Å². The average Bonchev–Trinajstić information content (AvgIpc) is 2.37. The molecule has 2 rings (SSSR count). The monoisotopic (exact) mass is 339 g/mol. The first-order chi connectivity index (χ1) is 9.10. The Bertz CT molecular complexity index is 586. The van der Waals surface area contributed by atoms with Gasteiger partial charge in [0.1, 0.15) is 11.5 Å². The third-order valence-corrected chi connectivity index (χ3v) is 3.54. The molecule has 4 heteroatoms. The summed E-state index contributed by atoms with van der Waals surface area (Å²) in [6.45, 7) is 2.79. The van der Waals surface area contributed by atoms with E-state index in [0.29, 0.717) is 10.8 Å². The maximum atomic E-state index is 6.24. The topological polar surface area (TPSA) is 21.3 Å². The SMILES string of the molecule is CNCc1ccc(Oc2cc(Br)ccc2C)c(Cl)c1. The van der Waals surface area contributed by atoms with Crippen molar-refractivity contribution in [2.75, 3.05) is 7.05 Å². The summed E-state index contributed by atoms with van der Waals surface area (Å²) in [4.78, 5) is 0. The van der Waals surface area contributed by atoms with Crippen LogP contribution in [0.15, 0.2) is 40.9 Å². The van der Waals surface area contributed by atoms with Gasteiger partial charge in [-0.05, 0) is 49.4 Å². The van der Waals surface area contributed by atoms with Gasteiger partial charge in [0.15, 0.2) is 0 Å². The smallest absolute Gasteiger partial charge is 0.146 e. The molecule has 0 spiro atoms. The summed E-state index contributed by atoms with van der Waals surface area (Å²) in [7, 11) is 1.91. The molecule has 0 amide bonds. The number of hydrogen-bond acceptors (Lipinski definition) is 2. The summed E-state index contributed by atoms with van der Waals surface area (Å²) in [5.74, 6) is 1.47. The van der Waals surface area contributed by atoms with Crippen molar-refractivity contribution in [3.8, 4) is 11.5 Å². The largest absolute Gasteiger partial charge is 0.455 e. The van der Waals surface area contributed by atoms with Gasteiger partial charge in [0.2, 0.25) is 0 Å². The van der Waals surface area contributed by atoms with E-state index >= 15 is 0 Å². The molecule has 2 aromatic rings. The number of benzene rings is 2. The number of aryl methyl sites for hydroxylation is 1. The second-order valence-electron chi connectivity index (χ2n) is 4.31.